The molecule has 1 N–H and O–H groups in total. The van der Waals surface area contributed by atoms with Crippen molar-refractivity contribution < 1.29 is 13.5 Å². The summed E-state index contributed by atoms with van der Waals surface area (Å²) in [5.41, 5.74) is 0.938. The van der Waals surface area contributed by atoms with Crippen molar-refractivity contribution >= 4 is 41.7 Å². The van der Waals surface area contributed by atoms with E-state index in [1.54, 1.807) is 12.1 Å². The number of sulfone groups is 1. The fraction of sp³-hybridized carbons (Fsp3) is 0.500. The van der Waals surface area contributed by atoms with Gasteiger partial charge in [-0.05, 0) is 48.2 Å². The van der Waals surface area contributed by atoms with Crippen LogP contribution in [0.2, 0.25) is 0 Å². The van der Waals surface area contributed by atoms with E-state index in [-0.39, 0.29) is 5.75 Å². The van der Waals surface area contributed by atoms with Crippen molar-refractivity contribution in [1.82, 2.24) is 0 Å². The summed E-state index contributed by atoms with van der Waals surface area (Å²) in [7, 11) is -3.55. The molecule has 2 aromatic carbocycles. The van der Waals surface area contributed by atoms with Crippen molar-refractivity contribution in [3.05, 3.63) is 62.5 Å². The second kappa shape index (κ2) is 9.85. The van der Waals surface area contributed by atoms with Crippen LogP contribution < -0.4 is 0 Å². The number of benzene rings is 2. The number of fused-ring (bicyclic) bond motifs is 1. The Balaban J connectivity index is 2.30. The van der Waals surface area contributed by atoms with Gasteiger partial charge in [-0.25, -0.2) is 8.42 Å². The van der Waals surface area contributed by atoms with Crippen molar-refractivity contribution in [2.45, 2.75) is 69.3 Å². The monoisotopic (exact) mass is 556 g/mol. The summed E-state index contributed by atoms with van der Waals surface area (Å²) in [6, 6.07) is 13.2. The van der Waals surface area contributed by atoms with Gasteiger partial charge in [0.25, 0.3) is 0 Å². The van der Waals surface area contributed by atoms with Gasteiger partial charge in [-0.3, -0.25) is 0 Å². The molecule has 164 valence electrons. The Morgan fingerprint density at radius 2 is 1.63 bits per heavy atom. The topological polar surface area (TPSA) is 54.4 Å². The second-order valence-electron chi connectivity index (χ2n) is 8.45. The Hall–Kier alpha value is -0.690. The van der Waals surface area contributed by atoms with Crippen LogP contribution >= 0.6 is 31.9 Å². The maximum atomic E-state index is 13.6. The van der Waals surface area contributed by atoms with Gasteiger partial charge in [-0.15, -0.1) is 0 Å². The summed E-state index contributed by atoms with van der Waals surface area (Å²) in [5, 5.41) is 12.0. The Labute approximate surface area is 197 Å². The molecule has 0 fully saturated rings. The number of hydrogen-bond acceptors (Lipinski definition) is 3. The van der Waals surface area contributed by atoms with Gasteiger partial charge in [0.05, 0.1) is 16.8 Å². The summed E-state index contributed by atoms with van der Waals surface area (Å²) in [4.78, 5) is 0.348. The highest BCUT2D eigenvalue weighted by Gasteiger charge is 2.49. The van der Waals surface area contributed by atoms with E-state index in [2.05, 4.69) is 45.7 Å². The lowest BCUT2D eigenvalue weighted by Crippen LogP contribution is -2.43. The van der Waals surface area contributed by atoms with E-state index in [9.17, 15) is 13.5 Å². The molecule has 0 aromatic heterocycles. The third-order valence-electron chi connectivity index (χ3n) is 6.36. The van der Waals surface area contributed by atoms with Crippen molar-refractivity contribution in [2.75, 3.05) is 5.75 Å². The van der Waals surface area contributed by atoms with Gasteiger partial charge in [0.15, 0.2) is 9.84 Å². The minimum absolute atomic E-state index is 0.00322. The van der Waals surface area contributed by atoms with Gasteiger partial charge < -0.3 is 5.11 Å². The summed E-state index contributed by atoms with van der Waals surface area (Å²) >= 11 is 7.17. The lowest BCUT2D eigenvalue weighted by molar-refractivity contribution is 0.0125. The van der Waals surface area contributed by atoms with Crippen LogP contribution in [0.4, 0.5) is 0 Å². The predicted octanol–water partition coefficient (Wildman–Crippen LogP) is 6.86. The smallest absolute Gasteiger partial charge is 0.179 e. The van der Waals surface area contributed by atoms with Crippen molar-refractivity contribution in [1.29, 1.82) is 0 Å². The van der Waals surface area contributed by atoms with E-state index in [0.29, 0.717) is 23.3 Å². The van der Waals surface area contributed by atoms with Crippen LogP contribution in [-0.2, 0) is 9.84 Å². The molecular weight excluding hydrogens is 528 g/mol. The number of hydrogen-bond donors (Lipinski definition) is 1. The van der Waals surface area contributed by atoms with Gasteiger partial charge in [0, 0.05) is 20.3 Å². The highest BCUT2D eigenvalue weighted by molar-refractivity contribution is 9.10. The van der Waals surface area contributed by atoms with E-state index < -0.39 is 27.3 Å². The molecule has 0 saturated carbocycles. The summed E-state index contributed by atoms with van der Waals surface area (Å²) in [5.74, 6) is -0.421. The Kier molecular flexibility index (Phi) is 7.86. The quantitative estimate of drug-likeness (QED) is 0.404. The van der Waals surface area contributed by atoms with Gasteiger partial charge in [-0.2, -0.15) is 0 Å². The lowest BCUT2D eigenvalue weighted by atomic mass is 9.68. The molecular formula is C24H30Br2O3S. The van der Waals surface area contributed by atoms with Crippen molar-refractivity contribution in [3.63, 3.8) is 0 Å². The van der Waals surface area contributed by atoms with Crippen LogP contribution in [0, 0.1) is 5.41 Å². The van der Waals surface area contributed by atoms with Gasteiger partial charge in [0.2, 0.25) is 0 Å². The summed E-state index contributed by atoms with van der Waals surface area (Å²) in [6.45, 7) is 4.23. The molecule has 1 aliphatic heterocycles. The normalized spacial score (nSPS) is 22.3. The third kappa shape index (κ3) is 4.72. The average Bonchev–Trinajstić information content (AvgIpc) is 2.77. The van der Waals surface area contributed by atoms with Crippen LogP contribution in [0.3, 0.4) is 0 Å². The second-order valence-corrected chi connectivity index (χ2v) is 12.2. The van der Waals surface area contributed by atoms with Gasteiger partial charge in [0.1, 0.15) is 0 Å². The Morgan fingerprint density at radius 1 is 1.00 bits per heavy atom. The van der Waals surface area contributed by atoms with Crippen LogP contribution in [0.1, 0.15) is 69.4 Å². The van der Waals surface area contributed by atoms with Crippen molar-refractivity contribution in [2.24, 2.45) is 5.41 Å². The number of aliphatic hydroxyl groups excluding tert-OH is 1. The molecule has 3 nitrogen and oxygen atoms in total. The molecule has 0 aliphatic carbocycles. The molecule has 2 atom stereocenters. The Bertz CT molecular complexity index is 980. The zero-order chi connectivity index (χ0) is 21.9. The fourth-order valence-corrected chi connectivity index (χ4v) is 7.90. The third-order valence-corrected chi connectivity index (χ3v) is 9.57. The molecule has 0 spiro atoms. The van der Waals surface area contributed by atoms with E-state index in [4.69, 9.17) is 0 Å². The fourth-order valence-electron chi connectivity index (χ4n) is 4.80. The maximum absolute atomic E-state index is 13.6. The first kappa shape index (κ1) is 24.0. The molecule has 30 heavy (non-hydrogen) atoms. The van der Waals surface area contributed by atoms with Gasteiger partial charge in [-0.1, -0.05) is 89.6 Å². The van der Waals surface area contributed by atoms with Crippen molar-refractivity contribution in [3.8, 4) is 0 Å². The first-order chi connectivity index (χ1) is 14.3. The SMILES string of the molecule is CCCCC1(CCCC)CS(=O)(=O)c2ccc(Br)cc2[C@@H](c2ccccc2Br)[C@H]1O. The van der Waals surface area contributed by atoms with Gasteiger partial charge >= 0.3 is 0 Å². The molecule has 1 aliphatic rings. The first-order valence-corrected chi connectivity index (χ1v) is 13.9. The van der Waals surface area contributed by atoms with Crippen LogP contribution in [-0.4, -0.2) is 25.4 Å². The molecule has 0 bridgehead atoms. The van der Waals surface area contributed by atoms with Crippen LogP contribution in [0.25, 0.3) is 0 Å². The van der Waals surface area contributed by atoms with E-state index in [1.807, 2.05) is 30.3 Å². The maximum Gasteiger partial charge on any atom is 0.179 e. The number of aliphatic hydroxyl groups is 1. The minimum Gasteiger partial charge on any atom is -0.392 e. The van der Waals surface area contributed by atoms with Crippen LogP contribution in [0.5, 0.6) is 0 Å². The zero-order valence-electron chi connectivity index (χ0n) is 17.6. The van der Waals surface area contributed by atoms with E-state index in [0.717, 1.165) is 40.2 Å². The molecule has 0 saturated heterocycles. The number of halogens is 2. The minimum atomic E-state index is -3.55. The zero-order valence-corrected chi connectivity index (χ0v) is 21.6. The number of unbranched alkanes of at least 4 members (excludes halogenated alkanes) is 2. The van der Waals surface area contributed by atoms with E-state index in [1.165, 1.54) is 0 Å². The van der Waals surface area contributed by atoms with Crippen LogP contribution in [0.15, 0.2) is 56.3 Å². The first-order valence-electron chi connectivity index (χ1n) is 10.7. The number of rotatable bonds is 7. The molecule has 0 unspecified atom stereocenters. The highest BCUT2D eigenvalue weighted by Crippen LogP contribution is 2.50. The largest absolute Gasteiger partial charge is 0.392 e. The predicted molar refractivity (Wildman–Crippen MR) is 130 cm³/mol. The highest BCUT2D eigenvalue weighted by atomic mass is 79.9. The van der Waals surface area contributed by atoms with E-state index >= 15 is 0 Å². The summed E-state index contributed by atoms with van der Waals surface area (Å²) < 4.78 is 28.9. The molecule has 6 heteroatoms. The molecule has 0 radical (unpaired) electrons. The molecule has 1 heterocycles. The molecule has 0 amide bonds. The lowest BCUT2D eigenvalue weighted by Gasteiger charge is -2.40. The molecule has 2 aromatic rings. The molecule has 3 rings (SSSR count). The Morgan fingerprint density at radius 3 is 2.23 bits per heavy atom. The average molecular weight is 558 g/mol. The standard InChI is InChI=1S/C24H30Br2O3S/c1-3-5-13-24(14-6-4-2)16-30(28,29)21-12-11-17(25)15-19(21)22(23(24)27)18-9-7-8-10-20(18)26/h7-12,15,22-23,27H,3-6,13-14,16H2,1-2H3/t22-,23-/m1/s1. The summed E-state index contributed by atoms with van der Waals surface area (Å²) in [6.07, 6.45) is 4.37.